The van der Waals surface area contributed by atoms with Crippen LogP contribution >= 0.6 is 0 Å². The van der Waals surface area contributed by atoms with Crippen LogP contribution in [-0.4, -0.2) is 51.0 Å². The van der Waals surface area contributed by atoms with Crippen LogP contribution in [0.4, 0.5) is 0 Å². The van der Waals surface area contributed by atoms with E-state index in [2.05, 4.69) is 0 Å². The Balaban J connectivity index is 3.37. The Hall–Kier alpha value is -2.03. The largest absolute Gasteiger partial charge is 0.461 e. The maximum atomic E-state index is 12.8. The van der Waals surface area contributed by atoms with E-state index in [-0.39, 0.29) is 13.2 Å². The zero-order chi connectivity index (χ0) is 26.4. The molecule has 0 amide bonds. The number of benzene rings is 1. The molecule has 1 aromatic rings. The summed E-state index contributed by atoms with van der Waals surface area (Å²) >= 11 is 0. The molecule has 0 saturated carbocycles. The van der Waals surface area contributed by atoms with E-state index in [1.54, 1.807) is 48.5 Å². The maximum absolute atomic E-state index is 12.8. The van der Waals surface area contributed by atoms with Gasteiger partial charge in [0.15, 0.2) is 20.7 Å². The summed E-state index contributed by atoms with van der Waals surface area (Å²) < 4.78 is 23.8. The van der Waals surface area contributed by atoms with Gasteiger partial charge in [0.25, 0.3) is 0 Å². The Morgan fingerprint density at radius 1 is 0.912 bits per heavy atom. The lowest BCUT2D eigenvalue weighted by Crippen LogP contribution is -2.58. The second-order valence-corrected chi connectivity index (χ2v) is 16.2. The molecule has 0 heterocycles. The predicted octanol–water partition coefficient (Wildman–Crippen LogP) is 4.93. The van der Waals surface area contributed by atoms with Gasteiger partial charge >= 0.3 is 11.9 Å². The van der Waals surface area contributed by atoms with Crippen molar-refractivity contribution in [3.8, 4) is 0 Å². The summed E-state index contributed by atoms with van der Waals surface area (Å²) in [6, 6.07) is 9.44. The minimum atomic E-state index is -2.28. The third kappa shape index (κ3) is 9.68. The molecule has 0 N–H and O–H groups in total. The molecule has 0 aliphatic rings. The molecule has 7 nitrogen and oxygen atoms in total. The summed E-state index contributed by atoms with van der Waals surface area (Å²) in [6.07, 6.45) is -1.36. The van der Waals surface area contributed by atoms with Gasteiger partial charge < -0.3 is 23.4 Å². The SMILES string of the molecule is CC(C)(C)C(=O)OC[C@@H](OC(=O)C(C)(C)C)[C@@H](O[Si](C)(C)C)[C@](C)(C=O)OCc1ccccc1. The monoisotopic (exact) mass is 494 g/mol. The standard InChI is InChI=1S/C26H42O7Si/c1-24(2,3)22(28)30-17-20(32-23(29)25(4,5)6)21(33-34(8,9)10)26(7,18-27)31-16-19-14-12-11-13-15-19/h11-15,18,20-21H,16-17H2,1-10H3/t20-,21-,26+/m1/s1. The Kier molecular flexibility index (Phi) is 10.2. The van der Waals surface area contributed by atoms with Crippen molar-refractivity contribution in [2.24, 2.45) is 10.8 Å². The van der Waals surface area contributed by atoms with Crippen LogP contribution in [0, 0.1) is 10.8 Å². The van der Waals surface area contributed by atoms with Gasteiger partial charge in [-0.1, -0.05) is 30.3 Å². The minimum absolute atomic E-state index is 0.156. The normalized spacial score (nSPS) is 16.2. The fourth-order valence-corrected chi connectivity index (χ4v) is 3.96. The first-order chi connectivity index (χ1) is 15.4. The van der Waals surface area contributed by atoms with E-state index in [0.29, 0.717) is 6.29 Å². The Bertz CT molecular complexity index is 818. The van der Waals surface area contributed by atoms with Gasteiger partial charge in [0.1, 0.15) is 18.3 Å². The summed E-state index contributed by atoms with van der Waals surface area (Å²) in [5, 5.41) is 0. The quantitative estimate of drug-likeness (QED) is 0.245. The molecule has 0 unspecified atom stereocenters. The molecule has 34 heavy (non-hydrogen) atoms. The van der Waals surface area contributed by atoms with Crippen LogP contribution in [-0.2, 0) is 39.6 Å². The van der Waals surface area contributed by atoms with E-state index in [1.807, 2.05) is 50.0 Å². The Morgan fingerprint density at radius 2 is 1.44 bits per heavy atom. The Labute approximate surface area is 205 Å². The van der Waals surface area contributed by atoms with Gasteiger partial charge in [-0.3, -0.25) is 9.59 Å². The van der Waals surface area contributed by atoms with E-state index in [4.69, 9.17) is 18.6 Å². The molecule has 0 aliphatic heterocycles. The molecule has 1 aromatic carbocycles. The number of carbonyl (C=O) groups is 3. The van der Waals surface area contributed by atoms with E-state index in [0.717, 1.165) is 5.56 Å². The second kappa shape index (κ2) is 11.6. The maximum Gasteiger partial charge on any atom is 0.311 e. The molecule has 0 fully saturated rings. The number of carbonyl (C=O) groups excluding carboxylic acids is 3. The molecule has 0 spiro atoms. The van der Waals surface area contributed by atoms with Crippen molar-refractivity contribution < 1.29 is 33.0 Å². The van der Waals surface area contributed by atoms with Crippen molar-refractivity contribution in [1.82, 2.24) is 0 Å². The van der Waals surface area contributed by atoms with Gasteiger partial charge in [-0.15, -0.1) is 0 Å². The van der Waals surface area contributed by atoms with Crippen molar-refractivity contribution in [2.45, 2.75) is 92.5 Å². The molecule has 0 saturated heterocycles. The molecule has 3 atom stereocenters. The summed E-state index contributed by atoms with van der Waals surface area (Å²) in [4.78, 5) is 37.8. The number of hydrogen-bond acceptors (Lipinski definition) is 7. The van der Waals surface area contributed by atoms with Crippen molar-refractivity contribution in [1.29, 1.82) is 0 Å². The van der Waals surface area contributed by atoms with Crippen LogP contribution in [0.25, 0.3) is 0 Å². The lowest BCUT2D eigenvalue weighted by atomic mass is 9.94. The average molecular weight is 495 g/mol. The second-order valence-electron chi connectivity index (χ2n) is 11.8. The number of ether oxygens (including phenoxy) is 3. The first kappa shape index (κ1) is 30.0. The highest BCUT2D eigenvalue weighted by Gasteiger charge is 2.47. The van der Waals surface area contributed by atoms with Gasteiger partial charge in [0, 0.05) is 0 Å². The summed E-state index contributed by atoms with van der Waals surface area (Å²) in [5.41, 5.74) is -2.14. The molecule has 0 aromatic heterocycles. The van der Waals surface area contributed by atoms with Gasteiger partial charge in [-0.2, -0.15) is 0 Å². The van der Waals surface area contributed by atoms with E-state index < -0.39 is 48.9 Å². The zero-order valence-corrected chi connectivity index (χ0v) is 23.4. The molecule has 0 aliphatic carbocycles. The van der Waals surface area contributed by atoms with Crippen LogP contribution in [0.3, 0.4) is 0 Å². The van der Waals surface area contributed by atoms with Crippen molar-refractivity contribution in [3.05, 3.63) is 35.9 Å². The molecule has 8 heteroatoms. The van der Waals surface area contributed by atoms with Gasteiger partial charge in [-0.05, 0) is 73.7 Å². The van der Waals surface area contributed by atoms with Gasteiger partial charge in [-0.25, -0.2) is 0 Å². The number of hydrogen-bond donors (Lipinski definition) is 0. The number of esters is 2. The van der Waals surface area contributed by atoms with Gasteiger partial charge in [0.05, 0.1) is 17.4 Å². The fourth-order valence-electron chi connectivity index (χ4n) is 2.81. The topological polar surface area (TPSA) is 88.1 Å². The van der Waals surface area contributed by atoms with Crippen LogP contribution in [0.15, 0.2) is 30.3 Å². The molecular formula is C26H42O7Si. The number of aldehydes is 1. The van der Waals surface area contributed by atoms with E-state index in [9.17, 15) is 14.4 Å². The van der Waals surface area contributed by atoms with E-state index in [1.165, 1.54) is 0 Å². The molecule has 0 bridgehead atoms. The third-order valence-electron chi connectivity index (χ3n) is 4.87. The average Bonchev–Trinajstić information content (AvgIpc) is 2.71. The lowest BCUT2D eigenvalue weighted by molar-refractivity contribution is -0.193. The van der Waals surface area contributed by atoms with Gasteiger partial charge in [0.2, 0.25) is 0 Å². The lowest BCUT2D eigenvalue weighted by Gasteiger charge is -2.41. The van der Waals surface area contributed by atoms with Crippen molar-refractivity contribution in [3.63, 3.8) is 0 Å². The highest BCUT2D eigenvalue weighted by atomic mass is 28.4. The highest BCUT2D eigenvalue weighted by Crippen LogP contribution is 2.29. The van der Waals surface area contributed by atoms with Crippen molar-refractivity contribution in [2.75, 3.05) is 6.61 Å². The molecule has 1 rings (SSSR count). The molecule has 192 valence electrons. The predicted molar refractivity (Wildman–Crippen MR) is 134 cm³/mol. The highest BCUT2D eigenvalue weighted by molar-refractivity contribution is 6.69. The van der Waals surface area contributed by atoms with Crippen LogP contribution in [0.1, 0.15) is 54.0 Å². The summed E-state index contributed by atoms with van der Waals surface area (Å²) in [6.45, 7) is 17.8. The van der Waals surface area contributed by atoms with Crippen molar-refractivity contribution >= 4 is 26.5 Å². The minimum Gasteiger partial charge on any atom is -0.461 e. The van der Waals surface area contributed by atoms with Crippen LogP contribution in [0.2, 0.25) is 19.6 Å². The number of rotatable bonds is 11. The van der Waals surface area contributed by atoms with Crippen LogP contribution < -0.4 is 0 Å². The molecule has 0 radical (unpaired) electrons. The van der Waals surface area contributed by atoms with E-state index >= 15 is 0 Å². The smallest absolute Gasteiger partial charge is 0.311 e. The molecular weight excluding hydrogens is 452 g/mol. The summed E-state index contributed by atoms with van der Waals surface area (Å²) in [5.74, 6) is -0.945. The zero-order valence-electron chi connectivity index (χ0n) is 22.4. The Morgan fingerprint density at radius 3 is 1.88 bits per heavy atom. The van der Waals surface area contributed by atoms with Crippen LogP contribution in [0.5, 0.6) is 0 Å². The summed E-state index contributed by atoms with van der Waals surface area (Å²) in [7, 11) is -2.28. The first-order valence-corrected chi connectivity index (χ1v) is 15.0. The third-order valence-corrected chi connectivity index (χ3v) is 5.83. The fraction of sp³-hybridized carbons (Fsp3) is 0.654. The first-order valence-electron chi connectivity index (χ1n) is 11.6.